The summed E-state index contributed by atoms with van der Waals surface area (Å²) < 4.78 is 9.02. The highest BCUT2D eigenvalue weighted by Crippen LogP contribution is 2.36. The first-order valence-electron chi connectivity index (χ1n) is 9.78. The number of nitrogens with one attached hydrogen (secondary N) is 1. The zero-order valence-electron chi connectivity index (χ0n) is 17.1. The molecule has 0 bridgehead atoms. The average Bonchev–Trinajstić information content (AvgIpc) is 2.96. The van der Waals surface area contributed by atoms with E-state index in [1.807, 2.05) is 12.3 Å². The van der Waals surface area contributed by atoms with Gasteiger partial charge in [-0.05, 0) is 53.0 Å². The zero-order valence-corrected chi connectivity index (χ0v) is 19.7. The molecule has 150 valence electrons. The van der Waals surface area contributed by atoms with Gasteiger partial charge in [-0.25, -0.2) is 9.50 Å². The molecule has 27 heavy (non-hydrogen) atoms. The van der Waals surface area contributed by atoms with E-state index in [2.05, 4.69) is 70.1 Å². The molecule has 0 aliphatic carbocycles. The van der Waals surface area contributed by atoms with Gasteiger partial charge in [0.05, 0.1) is 10.7 Å². The molecule has 2 aromatic heterocycles. The van der Waals surface area contributed by atoms with Gasteiger partial charge in [0.1, 0.15) is 5.82 Å². The Labute approximate surface area is 171 Å². The maximum Gasteiger partial charge on any atom is 0.192 e. The Kier molecular flexibility index (Phi) is 6.30. The van der Waals surface area contributed by atoms with E-state index in [1.54, 1.807) is 10.7 Å². The molecule has 8 heteroatoms. The lowest BCUT2D eigenvalue weighted by Gasteiger charge is -2.38. The minimum atomic E-state index is -1.63. The van der Waals surface area contributed by atoms with Gasteiger partial charge in [-0.15, -0.1) is 0 Å². The second-order valence-corrected chi connectivity index (χ2v) is 14.6. The van der Waals surface area contributed by atoms with Gasteiger partial charge in [0.2, 0.25) is 0 Å². The summed E-state index contributed by atoms with van der Waals surface area (Å²) in [5.74, 6) is 0.920. The smallest absolute Gasteiger partial charge is 0.192 e. The minimum Gasteiger partial charge on any atom is -0.416 e. The van der Waals surface area contributed by atoms with Crippen molar-refractivity contribution >= 4 is 35.7 Å². The van der Waals surface area contributed by atoms with Gasteiger partial charge in [-0.1, -0.05) is 20.8 Å². The Balaban J connectivity index is 1.44. The molecule has 0 radical (unpaired) electrons. The van der Waals surface area contributed by atoms with Crippen LogP contribution >= 0.6 is 15.9 Å². The molecule has 3 rings (SSSR count). The van der Waals surface area contributed by atoms with Gasteiger partial charge in [-0.3, -0.25) is 0 Å². The second-order valence-electron chi connectivity index (χ2n) is 8.94. The van der Waals surface area contributed by atoms with Crippen molar-refractivity contribution < 1.29 is 4.43 Å². The molecular formula is C19H32BrN5OSi. The molecule has 1 N–H and O–H groups in total. The summed E-state index contributed by atoms with van der Waals surface area (Å²) in [6.45, 7) is 15.6. The SMILES string of the molecule is CC(C)(C)[Si](C)(C)OCCN1CCC(Nc2ccn3ncc(Br)c3n2)CC1. The van der Waals surface area contributed by atoms with Gasteiger partial charge in [0.15, 0.2) is 14.0 Å². The molecule has 0 amide bonds. The Morgan fingerprint density at radius 1 is 1.30 bits per heavy atom. The zero-order chi connectivity index (χ0) is 19.7. The molecule has 1 aliphatic heterocycles. The van der Waals surface area contributed by atoms with E-state index < -0.39 is 8.32 Å². The number of piperidine rings is 1. The van der Waals surface area contributed by atoms with E-state index in [0.29, 0.717) is 6.04 Å². The molecule has 0 unspecified atom stereocenters. The summed E-state index contributed by atoms with van der Waals surface area (Å²) in [5.41, 5.74) is 0.847. The van der Waals surface area contributed by atoms with Gasteiger partial charge in [0, 0.05) is 38.5 Å². The fourth-order valence-corrected chi connectivity index (χ4v) is 4.47. The van der Waals surface area contributed by atoms with Crippen molar-refractivity contribution in [3.05, 3.63) is 22.9 Å². The Morgan fingerprint density at radius 2 is 2.00 bits per heavy atom. The standard InChI is InChI=1S/C19H32BrN5OSi/c1-19(2,3)27(4,5)26-13-12-24-9-6-15(7-10-24)22-17-8-11-25-18(23-17)16(20)14-21-25/h8,11,14-15H,6-7,9-10,12-13H2,1-5H3,(H,22,23). The summed E-state index contributed by atoms with van der Waals surface area (Å²) in [6.07, 6.45) is 5.99. The van der Waals surface area contributed by atoms with Crippen LogP contribution in [-0.4, -0.2) is 60.1 Å². The lowest BCUT2D eigenvalue weighted by molar-refractivity contribution is 0.170. The molecule has 1 saturated heterocycles. The van der Waals surface area contributed by atoms with Crippen LogP contribution in [0.15, 0.2) is 22.9 Å². The van der Waals surface area contributed by atoms with Crippen molar-refractivity contribution in [3.63, 3.8) is 0 Å². The predicted octanol–water partition coefficient (Wildman–Crippen LogP) is 4.39. The van der Waals surface area contributed by atoms with Crippen LogP contribution in [0, 0.1) is 0 Å². The number of likely N-dealkylation sites (tertiary alicyclic amines) is 1. The van der Waals surface area contributed by atoms with Crippen LogP contribution < -0.4 is 5.32 Å². The quantitative estimate of drug-likeness (QED) is 0.657. The number of fused-ring (bicyclic) bond motifs is 1. The fraction of sp³-hybridized carbons (Fsp3) is 0.684. The Bertz CT molecular complexity index is 765. The van der Waals surface area contributed by atoms with Crippen molar-refractivity contribution in [2.45, 2.75) is 57.8 Å². The number of anilines is 1. The average molecular weight is 454 g/mol. The van der Waals surface area contributed by atoms with E-state index in [-0.39, 0.29) is 5.04 Å². The predicted molar refractivity (Wildman–Crippen MR) is 117 cm³/mol. The van der Waals surface area contributed by atoms with Crippen molar-refractivity contribution in [1.82, 2.24) is 19.5 Å². The molecule has 0 atom stereocenters. The van der Waals surface area contributed by atoms with Crippen LogP contribution in [0.1, 0.15) is 33.6 Å². The summed E-state index contributed by atoms with van der Waals surface area (Å²) in [6, 6.07) is 2.46. The van der Waals surface area contributed by atoms with E-state index in [0.717, 1.165) is 55.0 Å². The van der Waals surface area contributed by atoms with Gasteiger partial charge < -0.3 is 14.6 Å². The highest BCUT2D eigenvalue weighted by molar-refractivity contribution is 9.10. The first-order chi connectivity index (χ1) is 12.7. The van der Waals surface area contributed by atoms with E-state index in [9.17, 15) is 0 Å². The normalized spacial score (nSPS) is 17.6. The molecule has 0 spiro atoms. The molecule has 2 aromatic rings. The number of halogens is 1. The number of rotatable bonds is 6. The largest absolute Gasteiger partial charge is 0.416 e. The molecular weight excluding hydrogens is 422 g/mol. The van der Waals surface area contributed by atoms with Crippen molar-refractivity contribution in [1.29, 1.82) is 0 Å². The summed E-state index contributed by atoms with van der Waals surface area (Å²) in [5, 5.41) is 8.11. The monoisotopic (exact) mass is 453 g/mol. The number of nitrogens with zero attached hydrogens (tertiary/aromatic N) is 4. The molecule has 0 saturated carbocycles. The first kappa shape index (κ1) is 20.8. The molecule has 3 heterocycles. The maximum atomic E-state index is 6.32. The third kappa shape index (κ3) is 5.10. The number of hydrogen-bond acceptors (Lipinski definition) is 5. The Hall–Kier alpha value is -0.963. The molecule has 6 nitrogen and oxygen atoms in total. The van der Waals surface area contributed by atoms with Gasteiger partial charge in [0.25, 0.3) is 0 Å². The summed E-state index contributed by atoms with van der Waals surface area (Å²) >= 11 is 3.49. The highest BCUT2D eigenvalue weighted by atomic mass is 79.9. The van der Waals surface area contributed by atoms with Crippen LogP contribution in [0.5, 0.6) is 0 Å². The van der Waals surface area contributed by atoms with Crippen LogP contribution in [0.2, 0.25) is 18.1 Å². The van der Waals surface area contributed by atoms with Crippen LogP contribution in [-0.2, 0) is 4.43 Å². The topological polar surface area (TPSA) is 54.7 Å². The third-order valence-electron chi connectivity index (χ3n) is 5.94. The third-order valence-corrected chi connectivity index (χ3v) is 11.0. The minimum absolute atomic E-state index is 0.280. The van der Waals surface area contributed by atoms with Crippen molar-refractivity contribution in [2.75, 3.05) is 31.6 Å². The van der Waals surface area contributed by atoms with Crippen molar-refractivity contribution in [2.24, 2.45) is 0 Å². The lowest BCUT2D eigenvalue weighted by atomic mass is 10.1. The fourth-order valence-electron chi connectivity index (χ4n) is 3.08. The summed E-state index contributed by atoms with van der Waals surface area (Å²) in [7, 11) is -1.63. The van der Waals surface area contributed by atoms with E-state index in [4.69, 9.17) is 4.43 Å². The van der Waals surface area contributed by atoms with Crippen molar-refractivity contribution in [3.8, 4) is 0 Å². The summed E-state index contributed by atoms with van der Waals surface area (Å²) in [4.78, 5) is 7.18. The van der Waals surface area contributed by atoms with Gasteiger partial charge in [-0.2, -0.15) is 5.10 Å². The molecule has 1 aliphatic rings. The number of hydrogen-bond donors (Lipinski definition) is 1. The molecule has 1 fully saturated rings. The van der Waals surface area contributed by atoms with E-state index in [1.165, 1.54) is 0 Å². The first-order valence-corrected chi connectivity index (χ1v) is 13.5. The van der Waals surface area contributed by atoms with Gasteiger partial charge >= 0.3 is 0 Å². The second kappa shape index (κ2) is 8.19. The Morgan fingerprint density at radius 3 is 2.67 bits per heavy atom. The lowest BCUT2D eigenvalue weighted by Crippen LogP contribution is -2.44. The van der Waals surface area contributed by atoms with E-state index >= 15 is 0 Å². The maximum absolute atomic E-state index is 6.32. The highest BCUT2D eigenvalue weighted by Gasteiger charge is 2.37. The van der Waals surface area contributed by atoms with Crippen LogP contribution in [0.25, 0.3) is 5.65 Å². The van der Waals surface area contributed by atoms with Crippen LogP contribution in [0.3, 0.4) is 0 Å². The molecule has 0 aromatic carbocycles. The van der Waals surface area contributed by atoms with Crippen LogP contribution in [0.4, 0.5) is 5.82 Å². The number of aromatic nitrogens is 3.